The van der Waals surface area contributed by atoms with E-state index in [2.05, 4.69) is 5.32 Å². The van der Waals surface area contributed by atoms with Crippen LogP contribution >= 0.6 is 11.3 Å². The average Bonchev–Trinajstić information content (AvgIpc) is 3.03. The van der Waals surface area contributed by atoms with Gasteiger partial charge in [-0.1, -0.05) is 6.42 Å². The lowest BCUT2D eigenvalue weighted by atomic mass is 10.1. The topological polar surface area (TPSA) is 49.4 Å². The lowest BCUT2D eigenvalue weighted by Crippen LogP contribution is -2.30. The van der Waals surface area contributed by atoms with Gasteiger partial charge in [-0.05, 0) is 44.1 Å². The molecule has 1 aromatic heterocycles. The zero-order valence-corrected chi connectivity index (χ0v) is 13.8. The molecule has 1 saturated heterocycles. The minimum atomic E-state index is 0.0622. The fourth-order valence-corrected chi connectivity index (χ4v) is 4.49. The average molecular weight is 320 g/mol. The van der Waals surface area contributed by atoms with Gasteiger partial charge in [-0.15, -0.1) is 11.3 Å². The number of carbonyl (C=O) groups excluding carboxylic acids is 2. The third-order valence-electron chi connectivity index (χ3n) is 4.62. The van der Waals surface area contributed by atoms with Gasteiger partial charge in [0.05, 0.1) is 5.56 Å². The number of nitrogens with zero attached hydrogens (tertiary/aromatic N) is 1. The number of aryl methyl sites for hydroxylation is 1. The molecule has 2 amide bonds. The first-order chi connectivity index (χ1) is 10.8. The maximum Gasteiger partial charge on any atom is 0.252 e. The molecule has 2 heterocycles. The van der Waals surface area contributed by atoms with Crippen molar-refractivity contribution in [2.45, 2.75) is 51.4 Å². The highest BCUT2D eigenvalue weighted by Crippen LogP contribution is 2.29. The number of amides is 2. The van der Waals surface area contributed by atoms with Gasteiger partial charge >= 0.3 is 0 Å². The van der Waals surface area contributed by atoms with E-state index in [0.29, 0.717) is 13.0 Å². The Labute approximate surface area is 135 Å². The van der Waals surface area contributed by atoms with E-state index in [-0.39, 0.29) is 11.8 Å². The van der Waals surface area contributed by atoms with E-state index < -0.39 is 0 Å². The zero-order valence-electron chi connectivity index (χ0n) is 13.0. The molecule has 0 saturated carbocycles. The van der Waals surface area contributed by atoms with Gasteiger partial charge in [0.1, 0.15) is 0 Å². The summed E-state index contributed by atoms with van der Waals surface area (Å²) < 4.78 is 0. The van der Waals surface area contributed by atoms with Crippen LogP contribution in [-0.4, -0.2) is 36.3 Å². The first kappa shape index (κ1) is 15.5. The quantitative estimate of drug-likeness (QED) is 0.670. The van der Waals surface area contributed by atoms with Crippen LogP contribution in [0.1, 0.15) is 59.3 Å². The van der Waals surface area contributed by atoms with Gasteiger partial charge < -0.3 is 10.2 Å². The number of hydrogen-bond donors (Lipinski definition) is 1. The van der Waals surface area contributed by atoms with Crippen molar-refractivity contribution in [3.8, 4) is 0 Å². The van der Waals surface area contributed by atoms with Crippen LogP contribution in [-0.2, 0) is 17.6 Å². The summed E-state index contributed by atoms with van der Waals surface area (Å²) >= 11 is 1.74. The van der Waals surface area contributed by atoms with Crippen LogP contribution in [0.4, 0.5) is 0 Å². The summed E-state index contributed by atoms with van der Waals surface area (Å²) in [4.78, 5) is 27.2. The standard InChI is InChI=1S/C17H24N2O2S/c20-16-8-4-10-19(16)11-5-9-18-17(21)14-12-22-15-7-3-1-2-6-13(14)15/h12H,1-11H2,(H,18,21). The third kappa shape index (κ3) is 3.51. The minimum absolute atomic E-state index is 0.0622. The SMILES string of the molecule is O=C(NCCCN1CCCC1=O)c1csc2c1CCCCC2. The van der Waals surface area contributed by atoms with Crippen LogP contribution in [0, 0.1) is 0 Å². The highest BCUT2D eigenvalue weighted by Gasteiger charge is 2.20. The van der Waals surface area contributed by atoms with E-state index in [0.717, 1.165) is 44.3 Å². The second kappa shape index (κ2) is 7.27. The number of thiophene rings is 1. The predicted octanol–water partition coefficient (Wildman–Crippen LogP) is 2.76. The summed E-state index contributed by atoms with van der Waals surface area (Å²) in [6.45, 7) is 2.29. The molecular weight excluding hydrogens is 296 g/mol. The molecule has 22 heavy (non-hydrogen) atoms. The van der Waals surface area contributed by atoms with E-state index >= 15 is 0 Å². The Balaban J connectivity index is 1.48. The second-order valence-corrected chi connectivity index (χ2v) is 7.17. The van der Waals surface area contributed by atoms with Crippen molar-refractivity contribution in [2.75, 3.05) is 19.6 Å². The Morgan fingerprint density at radius 1 is 1.18 bits per heavy atom. The van der Waals surface area contributed by atoms with Gasteiger partial charge in [-0.3, -0.25) is 9.59 Å². The number of rotatable bonds is 5. The van der Waals surface area contributed by atoms with Crippen molar-refractivity contribution < 1.29 is 9.59 Å². The molecule has 5 heteroatoms. The van der Waals surface area contributed by atoms with Crippen molar-refractivity contribution in [3.63, 3.8) is 0 Å². The molecule has 1 aliphatic heterocycles. The number of likely N-dealkylation sites (tertiary alicyclic amines) is 1. The molecule has 4 nitrogen and oxygen atoms in total. The Hall–Kier alpha value is -1.36. The lowest BCUT2D eigenvalue weighted by molar-refractivity contribution is -0.127. The zero-order chi connectivity index (χ0) is 15.4. The Kier molecular flexibility index (Phi) is 5.13. The Bertz CT molecular complexity index is 553. The summed E-state index contributed by atoms with van der Waals surface area (Å²) in [5.74, 6) is 0.321. The molecule has 3 rings (SSSR count). The third-order valence-corrected chi connectivity index (χ3v) is 5.71. The van der Waals surface area contributed by atoms with E-state index in [1.807, 2.05) is 10.3 Å². The molecule has 0 bridgehead atoms. The summed E-state index contributed by atoms with van der Waals surface area (Å²) in [7, 11) is 0. The van der Waals surface area contributed by atoms with Crippen LogP contribution in [0.2, 0.25) is 0 Å². The maximum atomic E-state index is 12.4. The van der Waals surface area contributed by atoms with Crippen LogP contribution in [0.5, 0.6) is 0 Å². The van der Waals surface area contributed by atoms with Gasteiger partial charge in [0.2, 0.25) is 5.91 Å². The minimum Gasteiger partial charge on any atom is -0.352 e. The van der Waals surface area contributed by atoms with Gasteiger partial charge in [-0.2, -0.15) is 0 Å². The van der Waals surface area contributed by atoms with Crippen molar-refractivity contribution in [2.24, 2.45) is 0 Å². The van der Waals surface area contributed by atoms with Crippen LogP contribution < -0.4 is 5.32 Å². The molecule has 1 fully saturated rings. The van der Waals surface area contributed by atoms with E-state index in [1.165, 1.54) is 29.7 Å². The number of fused-ring (bicyclic) bond motifs is 1. The Morgan fingerprint density at radius 2 is 2.05 bits per heavy atom. The molecule has 0 unspecified atom stereocenters. The molecule has 0 atom stereocenters. The maximum absolute atomic E-state index is 12.4. The van der Waals surface area contributed by atoms with Crippen LogP contribution in [0.25, 0.3) is 0 Å². The summed E-state index contributed by atoms with van der Waals surface area (Å²) in [5, 5.41) is 5.05. The van der Waals surface area contributed by atoms with Crippen LogP contribution in [0.3, 0.4) is 0 Å². The smallest absolute Gasteiger partial charge is 0.252 e. The largest absolute Gasteiger partial charge is 0.352 e. The molecule has 1 aliphatic carbocycles. The fraction of sp³-hybridized carbons (Fsp3) is 0.647. The highest BCUT2D eigenvalue weighted by molar-refractivity contribution is 7.10. The molecule has 1 aromatic rings. The molecule has 2 aliphatic rings. The molecule has 0 aromatic carbocycles. The van der Waals surface area contributed by atoms with Gasteiger partial charge in [0.15, 0.2) is 0 Å². The van der Waals surface area contributed by atoms with E-state index in [4.69, 9.17) is 0 Å². The molecule has 1 N–H and O–H groups in total. The van der Waals surface area contributed by atoms with Gasteiger partial charge in [0.25, 0.3) is 5.91 Å². The van der Waals surface area contributed by atoms with E-state index in [9.17, 15) is 9.59 Å². The lowest BCUT2D eigenvalue weighted by Gasteiger charge is -2.15. The number of hydrogen-bond acceptors (Lipinski definition) is 3. The first-order valence-electron chi connectivity index (χ1n) is 8.41. The van der Waals surface area contributed by atoms with Crippen molar-refractivity contribution in [1.29, 1.82) is 0 Å². The summed E-state index contributed by atoms with van der Waals surface area (Å²) in [5.41, 5.74) is 2.17. The van der Waals surface area contributed by atoms with Gasteiger partial charge in [0, 0.05) is 36.3 Å². The number of nitrogens with one attached hydrogen (secondary N) is 1. The molecule has 0 radical (unpaired) electrons. The summed E-state index contributed by atoms with van der Waals surface area (Å²) in [6, 6.07) is 0. The Morgan fingerprint density at radius 3 is 2.86 bits per heavy atom. The second-order valence-electron chi connectivity index (χ2n) is 6.21. The summed E-state index contributed by atoms with van der Waals surface area (Å²) in [6.07, 6.45) is 8.39. The first-order valence-corrected chi connectivity index (χ1v) is 9.29. The van der Waals surface area contributed by atoms with Gasteiger partial charge in [-0.25, -0.2) is 0 Å². The fourth-order valence-electron chi connectivity index (χ4n) is 3.37. The molecular formula is C17H24N2O2S. The van der Waals surface area contributed by atoms with Crippen molar-refractivity contribution in [1.82, 2.24) is 10.2 Å². The number of carbonyl (C=O) groups is 2. The monoisotopic (exact) mass is 320 g/mol. The van der Waals surface area contributed by atoms with Crippen molar-refractivity contribution >= 4 is 23.2 Å². The molecule has 120 valence electrons. The predicted molar refractivity (Wildman–Crippen MR) is 88.3 cm³/mol. The van der Waals surface area contributed by atoms with Crippen LogP contribution in [0.15, 0.2) is 5.38 Å². The van der Waals surface area contributed by atoms with Crippen molar-refractivity contribution in [3.05, 3.63) is 21.4 Å². The molecule has 0 spiro atoms. The normalized spacial score (nSPS) is 18.2. The highest BCUT2D eigenvalue weighted by atomic mass is 32.1. The van der Waals surface area contributed by atoms with E-state index in [1.54, 1.807) is 11.3 Å².